The fraction of sp³-hybridized carbons (Fsp3) is 0.588. The Bertz CT molecular complexity index is 507. The molecule has 0 unspecified atom stereocenters. The number of hydrogen-bond donors (Lipinski definition) is 1. The normalized spacial score (nSPS) is 29.1. The SMILES string of the molecule is CC[C@@H](O)[C@H]1CC[C@H](OCc2ccccc2)[C@H]2COC(=O)N12. The number of aliphatic hydroxyl groups is 1. The molecule has 0 aromatic heterocycles. The largest absolute Gasteiger partial charge is 0.447 e. The van der Waals surface area contributed by atoms with Crippen LogP contribution >= 0.6 is 0 Å². The summed E-state index contributed by atoms with van der Waals surface area (Å²) in [5, 5.41) is 10.2. The number of nitrogens with zero attached hydrogens (tertiary/aromatic N) is 1. The summed E-state index contributed by atoms with van der Waals surface area (Å²) in [7, 11) is 0. The van der Waals surface area contributed by atoms with E-state index in [4.69, 9.17) is 9.47 Å². The van der Waals surface area contributed by atoms with Crippen LogP contribution in [-0.4, -0.2) is 47.0 Å². The van der Waals surface area contributed by atoms with Gasteiger partial charge in [-0.2, -0.15) is 0 Å². The number of carbonyl (C=O) groups is 1. The molecule has 2 saturated heterocycles. The second-order valence-corrected chi connectivity index (χ2v) is 6.01. The van der Waals surface area contributed by atoms with E-state index in [2.05, 4.69) is 0 Å². The molecule has 1 aromatic rings. The lowest BCUT2D eigenvalue weighted by Crippen LogP contribution is -2.56. The molecular weight excluding hydrogens is 282 g/mol. The first kappa shape index (κ1) is 15.3. The maximum absolute atomic E-state index is 12.0. The van der Waals surface area contributed by atoms with E-state index in [1.807, 2.05) is 37.3 Å². The highest BCUT2D eigenvalue weighted by Gasteiger charge is 2.48. The van der Waals surface area contributed by atoms with Crippen LogP contribution in [-0.2, 0) is 16.1 Å². The second kappa shape index (κ2) is 6.67. The van der Waals surface area contributed by atoms with E-state index in [1.165, 1.54) is 0 Å². The summed E-state index contributed by atoms with van der Waals surface area (Å²) >= 11 is 0. The van der Waals surface area contributed by atoms with Crippen molar-refractivity contribution in [2.24, 2.45) is 0 Å². The fourth-order valence-electron chi connectivity index (χ4n) is 3.40. The Balaban J connectivity index is 1.66. The van der Waals surface area contributed by atoms with Crippen molar-refractivity contribution in [1.29, 1.82) is 0 Å². The van der Waals surface area contributed by atoms with Crippen LogP contribution in [0.2, 0.25) is 0 Å². The van der Waals surface area contributed by atoms with Gasteiger partial charge < -0.3 is 14.6 Å². The Kier molecular flexibility index (Phi) is 4.64. The molecule has 2 fully saturated rings. The van der Waals surface area contributed by atoms with E-state index < -0.39 is 6.10 Å². The number of carbonyl (C=O) groups excluding carboxylic acids is 1. The first-order valence-electron chi connectivity index (χ1n) is 7.99. The summed E-state index contributed by atoms with van der Waals surface area (Å²) in [5.74, 6) is 0. The fourth-order valence-corrected chi connectivity index (χ4v) is 3.40. The molecule has 0 bridgehead atoms. The van der Waals surface area contributed by atoms with Gasteiger partial charge in [0.05, 0.1) is 30.9 Å². The zero-order chi connectivity index (χ0) is 15.5. The highest BCUT2D eigenvalue weighted by molar-refractivity contribution is 5.71. The summed E-state index contributed by atoms with van der Waals surface area (Å²) in [6.07, 6.45) is 1.37. The van der Waals surface area contributed by atoms with E-state index in [0.29, 0.717) is 19.6 Å². The predicted octanol–water partition coefficient (Wildman–Crippen LogP) is 2.33. The first-order chi connectivity index (χ1) is 10.7. The summed E-state index contributed by atoms with van der Waals surface area (Å²) in [5.41, 5.74) is 1.12. The van der Waals surface area contributed by atoms with Crippen LogP contribution in [0.4, 0.5) is 4.79 Å². The van der Waals surface area contributed by atoms with E-state index in [9.17, 15) is 9.90 Å². The molecule has 1 aromatic carbocycles. The predicted molar refractivity (Wildman–Crippen MR) is 81.3 cm³/mol. The van der Waals surface area contributed by atoms with Crippen LogP contribution in [0.15, 0.2) is 30.3 Å². The summed E-state index contributed by atoms with van der Waals surface area (Å²) in [4.78, 5) is 13.7. The van der Waals surface area contributed by atoms with Gasteiger partial charge in [0.1, 0.15) is 6.61 Å². The minimum Gasteiger partial charge on any atom is -0.447 e. The number of piperidine rings is 1. The maximum Gasteiger partial charge on any atom is 0.410 e. The standard InChI is InChI=1S/C17H23NO4/c1-2-15(19)13-8-9-16(14-11-22-17(20)18(13)14)21-10-12-6-4-3-5-7-12/h3-7,13-16,19H,2,8-11H2,1H3/t13-,14-,15-,16+/m1/s1. The number of hydrogen-bond acceptors (Lipinski definition) is 4. The highest BCUT2D eigenvalue weighted by atomic mass is 16.6. The third kappa shape index (κ3) is 2.96. The molecule has 22 heavy (non-hydrogen) atoms. The highest BCUT2D eigenvalue weighted by Crippen LogP contribution is 2.33. The molecule has 2 aliphatic rings. The summed E-state index contributed by atoms with van der Waals surface area (Å²) in [6, 6.07) is 9.77. The Morgan fingerprint density at radius 3 is 2.86 bits per heavy atom. The van der Waals surface area contributed by atoms with Crippen LogP contribution in [0, 0.1) is 0 Å². The monoisotopic (exact) mass is 305 g/mol. The van der Waals surface area contributed by atoms with Gasteiger partial charge in [0.15, 0.2) is 0 Å². The maximum atomic E-state index is 12.0. The van der Waals surface area contributed by atoms with Gasteiger partial charge in [0.25, 0.3) is 0 Å². The van der Waals surface area contributed by atoms with Gasteiger partial charge in [0, 0.05) is 0 Å². The number of cyclic esters (lactones) is 1. The number of benzene rings is 1. The van der Waals surface area contributed by atoms with E-state index in [1.54, 1.807) is 4.90 Å². The van der Waals surface area contributed by atoms with Crippen molar-refractivity contribution in [3.63, 3.8) is 0 Å². The van der Waals surface area contributed by atoms with Crippen molar-refractivity contribution in [2.45, 2.75) is 57.1 Å². The van der Waals surface area contributed by atoms with E-state index in [0.717, 1.165) is 18.4 Å². The molecule has 0 radical (unpaired) electrons. The summed E-state index contributed by atoms with van der Waals surface area (Å²) in [6.45, 7) is 2.81. The quantitative estimate of drug-likeness (QED) is 0.907. The third-order valence-corrected chi connectivity index (χ3v) is 4.65. The molecule has 2 aliphatic heterocycles. The molecule has 1 amide bonds. The molecule has 0 saturated carbocycles. The van der Waals surface area contributed by atoms with Crippen LogP contribution in [0.25, 0.3) is 0 Å². The zero-order valence-electron chi connectivity index (χ0n) is 12.9. The lowest BCUT2D eigenvalue weighted by molar-refractivity contribution is -0.0641. The first-order valence-corrected chi connectivity index (χ1v) is 7.99. The summed E-state index contributed by atoms with van der Waals surface area (Å²) < 4.78 is 11.2. The minimum absolute atomic E-state index is 0.0352. The van der Waals surface area contributed by atoms with Crippen LogP contribution in [0.5, 0.6) is 0 Å². The average Bonchev–Trinajstić information content (AvgIpc) is 2.95. The van der Waals surface area contributed by atoms with Crippen molar-refractivity contribution < 1.29 is 19.4 Å². The van der Waals surface area contributed by atoms with Gasteiger partial charge in [-0.05, 0) is 24.8 Å². The Morgan fingerprint density at radius 1 is 1.36 bits per heavy atom. The van der Waals surface area contributed by atoms with Gasteiger partial charge in [-0.3, -0.25) is 4.90 Å². The molecule has 0 spiro atoms. The van der Waals surface area contributed by atoms with Gasteiger partial charge in [0.2, 0.25) is 0 Å². The molecule has 1 N–H and O–H groups in total. The lowest BCUT2D eigenvalue weighted by atomic mass is 9.90. The van der Waals surface area contributed by atoms with Crippen LogP contribution in [0.3, 0.4) is 0 Å². The van der Waals surface area contributed by atoms with Gasteiger partial charge in [-0.25, -0.2) is 4.79 Å². The molecule has 2 heterocycles. The molecule has 0 aliphatic carbocycles. The third-order valence-electron chi connectivity index (χ3n) is 4.65. The lowest BCUT2D eigenvalue weighted by Gasteiger charge is -2.41. The van der Waals surface area contributed by atoms with Gasteiger partial charge in [-0.1, -0.05) is 37.3 Å². The van der Waals surface area contributed by atoms with Crippen molar-refractivity contribution >= 4 is 6.09 Å². The Labute approximate surface area is 130 Å². The van der Waals surface area contributed by atoms with E-state index >= 15 is 0 Å². The molecule has 5 nitrogen and oxygen atoms in total. The van der Waals surface area contributed by atoms with Gasteiger partial charge >= 0.3 is 6.09 Å². The van der Waals surface area contributed by atoms with Crippen molar-refractivity contribution in [2.75, 3.05) is 6.61 Å². The number of ether oxygens (including phenoxy) is 2. The van der Waals surface area contributed by atoms with Crippen molar-refractivity contribution in [3.05, 3.63) is 35.9 Å². The number of rotatable bonds is 5. The molecule has 3 rings (SSSR count). The molecular formula is C17H23NO4. The second-order valence-electron chi connectivity index (χ2n) is 6.01. The van der Waals surface area contributed by atoms with Gasteiger partial charge in [-0.15, -0.1) is 0 Å². The topological polar surface area (TPSA) is 59.0 Å². The van der Waals surface area contributed by atoms with Crippen LogP contribution < -0.4 is 0 Å². The molecule has 4 atom stereocenters. The van der Waals surface area contributed by atoms with Crippen molar-refractivity contribution in [3.8, 4) is 0 Å². The molecule has 5 heteroatoms. The number of amides is 1. The number of fused-ring (bicyclic) bond motifs is 1. The Hall–Kier alpha value is -1.59. The molecule has 120 valence electrons. The van der Waals surface area contributed by atoms with Crippen LogP contribution in [0.1, 0.15) is 31.7 Å². The average molecular weight is 305 g/mol. The van der Waals surface area contributed by atoms with Crippen molar-refractivity contribution in [1.82, 2.24) is 4.90 Å². The smallest absolute Gasteiger partial charge is 0.410 e. The zero-order valence-corrected chi connectivity index (χ0v) is 12.9. The Morgan fingerprint density at radius 2 is 2.14 bits per heavy atom. The minimum atomic E-state index is -0.497. The van der Waals surface area contributed by atoms with E-state index in [-0.39, 0.29) is 24.3 Å². The number of aliphatic hydroxyl groups excluding tert-OH is 1.